The Morgan fingerprint density at radius 3 is 0.750 bits per heavy atom. The fourth-order valence-corrected chi connectivity index (χ4v) is 2.83. The zero-order valence-electron chi connectivity index (χ0n) is 19.9. The van der Waals surface area contributed by atoms with Crippen LogP contribution in [0.2, 0.25) is 0 Å². The number of nitrogens with zero attached hydrogens (tertiary/aromatic N) is 2. The van der Waals surface area contributed by atoms with Gasteiger partial charge in [-0.05, 0) is 0 Å². The summed E-state index contributed by atoms with van der Waals surface area (Å²) in [5, 5.41) is 9.03. The number of halogens is 1. The minimum Gasteiger partial charge on any atom is -0.662 e. The Labute approximate surface area is 223 Å². The Kier molecular flexibility index (Phi) is 52.0. The van der Waals surface area contributed by atoms with Crippen molar-refractivity contribution in [2.24, 2.45) is 0 Å². The Hall–Kier alpha value is 1.75. The summed E-state index contributed by atoms with van der Waals surface area (Å²) in [5.41, 5.74) is 0. The molecule has 0 aromatic heterocycles. The zero-order valence-corrected chi connectivity index (χ0v) is 24.9. The van der Waals surface area contributed by atoms with Gasteiger partial charge in [0.2, 0.25) is 0 Å². The molecule has 0 aliphatic heterocycles. The van der Waals surface area contributed by atoms with Gasteiger partial charge in [0, 0.05) is 40.8 Å². The van der Waals surface area contributed by atoms with Crippen LogP contribution in [-0.4, -0.2) is 26.2 Å². The fourth-order valence-electron chi connectivity index (χ4n) is 2.83. The second-order valence-electron chi connectivity index (χ2n) is 7.58. The second-order valence-corrected chi connectivity index (χ2v) is 7.58. The number of unbranched alkanes of at least 4 members (excludes halogenated alkanes) is 12. The van der Waals surface area contributed by atoms with E-state index >= 15 is 0 Å². The first-order valence-corrected chi connectivity index (χ1v) is 12.1. The van der Waals surface area contributed by atoms with E-state index < -0.39 is 0 Å². The van der Waals surface area contributed by atoms with Crippen LogP contribution >= 0.6 is 17.0 Å². The van der Waals surface area contributed by atoms with Crippen LogP contribution in [0.3, 0.4) is 0 Å². The van der Waals surface area contributed by atoms with E-state index in [1.54, 1.807) is 0 Å². The van der Waals surface area contributed by atoms with Crippen molar-refractivity contribution in [3.8, 4) is 0 Å². The van der Waals surface area contributed by atoms with Gasteiger partial charge >= 0.3 is 0 Å². The van der Waals surface area contributed by atoms with Crippen molar-refractivity contribution in [3.05, 3.63) is 10.6 Å². The molecular formula is C24H53BrN2Nd-2. The molecular weight excluding hydrogens is 540 g/mol. The number of hydrogen-bond donors (Lipinski definition) is 0. The molecule has 2 nitrogen and oxygen atoms in total. The van der Waals surface area contributed by atoms with Gasteiger partial charge in [0.15, 0.2) is 0 Å². The minimum atomic E-state index is 0. The normalized spacial score (nSPS) is 9.86. The van der Waals surface area contributed by atoms with Gasteiger partial charge in [-0.25, -0.2) is 0 Å². The van der Waals surface area contributed by atoms with Gasteiger partial charge in [0.25, 0.3) is 0 Å². The molecule has 0 bridgehead atoms. The van der Waals surface area contributed by atoms with Gasteiger partial charge in [-0.2, -0.15) is 0 Å². The third kappa shape index (κ3) is 42.0. The van der Waals surface area contributed by atoms with Crippen molar-refractivity contribution in [3.63, 3.8) is 0 Å². The first-order chi connectivity index (χ1) is 12.8. The topological polar surface area (TPSA) is 28.2 Å². The molecule has 4 heteroatoms. The molecule has 0 saturated heterocycles. The summed E-state index contributed by atoms with van der Waals surface area (Å²) in [6.07, 6.45) is 21.5. The molecule has 0 radical (unpaired) electrons. The van der Waals surface area contributed by atoms with Crippen LogP contribution < -0.4 is 0 Å². The summed E-state index contributed by atoms with van der Waals surface area (Å²) in [6, 6.07) is 0. The Morgan fingerprint density at radius 2 is 0.571 bits per heavy atom. The SMILES string of the molecule is Br.CCCCCC[N-]CCCCCC.CCCCCC[N-]CCCCCC.[Nd]. The molecule has 0 amide bonds. The maximum absolute atomic E-state index is 4.51. The van der Waals surface area contributed by atoms with Crippen molar-refractivity contribution in [2.75, 3.05) is 26.2 Å². The van der Waals surface area contributed by atoms with Crippen molar-refractivity contribution < 1.29 is 40.8 Å². The molecule has 0 atom stereocenters. The molecule has 0 aliphatic rings. The monoisotopic (exact) mass is 590 g/mol. The van der Waals surface area contributed by atoms with Gasteiger partial charge in [0.1, 0.15) is 0 Å². The number of hydrogen-bond acceptors (Lipinski definition) is 0. The first kappa shape index (κ1) is 37.1. The third-order valence-electron chi connectivity index (χ3n) is 4.68. The molecule has 0 N–H and O–H groups in total. The summed E-state index contributed by atoms with van der Waals surface area (Å²) < 4.78 is 0. The Balaban J connectivity index is -0.000000192. The molecule has 0 unspecified atom stereocenters. The van der Waals surface area contributed by atoms with Crippen LogP contribution in [0.25, 0.3) is 10.6 Å². The van der Waals surface area contributed by atoms with Crippen LogP contribution in [0.15, 0.2) is 0 Å². The second kappa shape index (κ2) is 39.3. The molecule has 28 heavy (non-hydrogen) atoms. The van der Waals surface area contributed by atoms with E-state index in [4.69, 9.17) is 0 Å². The molecule has 0 heterocycles. The molecule has 0 rings (SSSR count). The van der Waals surface area contributed by atoms with Gasteiger partial charge in [-0.15, -0.1) is 43.2 Å². The van der Waals surface area contributed by atoms with E-state index in [2.05, 4.69) is 38.3 Å². The molecule has 0 fully saturated rings. The van der Waals surface area contributed by atoms with E-state index in [9.17, 15) is 0 Å². The first-order valence-electron chi connectivity index (χ1n) is 12.1. The Morgan fingerprint density at radius 1 is 0.357 bits per heavy atom. The van der Waals surface area contributed by atoms with Gasteiger partial charge < -0.3 is 10.6 Å². The maximum Gasteiger partial charge on any atom is 0 e. The van der Waals surface area contributed by atoms with Crippen molar-refractivity contribution >= 4 is 17.0 Å². The van der Waals surface area contributed by atoms with E-state index in [0.717, 1.165) is 26.2 Å². The molecule has 0 aliphatic carbocycles. The van der Waals surface area contributed by atoms with Crippen LogP contribution in [0.5, 0.6) is 0 Å². The van der Waals surface area contributed by atoms with Crippen LogP contribution in [0, 0.1) is 40.8 Å². The van der Waals surface area contributed by atoms with Gasteiger partial charge in [-0.1, -0.05) is 130 Å². The van der Waals surface area contributed by atoms with Crippen molar-refractivity contribution in [1.29, 1.82) is 0 Å². The van der Waals surface area contributed by atoms with Crippen LogP contribution in [0.1, 0.15) is 130 Å². The summed E-state index contributed by atoms with van der Waals surface area (Å²) in [7, 11) is 0. The summed E-state index contributed by atoms with van der Waals surface area (Å²) >= 11 is 0. The van der Waals surface area contributed by atoms with E-state index in [-0.39, 0.29) is 57.8 Å². The standard InChI is InChI=1S/2C12H26N.BrH.Nd/c2*1-3-5-7-9-11-13-12-10-8-6-4-2;;/h2*3-12H2,1-2H3;1H;/q2*-1;;. The molecule has 0 saturated carbocycles. The van der Waals surface area contributed by atoms with Crippen LogP contribution in [-0.2, 0) is 0 Å². The van der Waals surface area contributed by atoms with Crippen molar-refractivity contribution in [2.45, 2.75) is 130 Å². The van der Waals surface area contributed by atoms with E-state index in [1.165, 1.54) is 103 Å². The smallest absolute Gasteiger partial charge is 0 e. The Bertz CT molecular complexity index is 177. The summed E-state index contributed by atoms with van der Waals surface area (Å²) in [6.45, 7) is 13.4. The maximum atomic E-state index is 4.51. The third-order valence-corrected chi connectivity index (χ3v) is 4.68. The molecule has 172 valence electrons. The average Bonchev–Trinajstić information content (AvgIpc) is 2.66. The summed E-state index contributed by atoms with van der Waals surface area (Å²) in [4.78, 5) is 0. The average molecular weight is 594 g/mol. The fraction of sp³-hybridized carbons (Fsp3) is 1.00. The van der Waals surface area contributed by atoms with E-state index in [0.29, 0.717) is 0 Å². The quantitative estimate of drug-likeness (QED) is 0.126. The predicted molar refractivity (Wildman–Crippen MR) is 133 cm³/mol. The molecule has 0 aromatic carbocycles. The predicted octanol–water partition coefficient (Wildman–Crippen LogP) is 9.62. The summed E-state index contributed by atoms with van der Waals surface area (Å²) in [5.74, 6) is 0. The van der Waals surface area contributed by atoms with Crippen LogP contribution in [0.4, 0.5) is 0 Å². The molecule has 0 spiro atoms. The van der Waals surface area contributed by atoms with Gasteiger partial charge in [0.05, 0.1) is 0 Å². The van der Waals surface area contributed by atoms with Gasteiger partial charge in [-0.3, -0.25) is 0 Å². The molecule has 0 aromatic rings. The minimum absolute atomic E-state index is 0. The van der Waals surface area contributed by atoms with E-state index in [1.807, 2.05) is 0 Å². The zero-order chi connectivity index (χ0) is 19.6. The van der Waals surface area contributed by atoms with Crippen molar-refractivity contribution in [1.82, 2.24) is 0 Å². The number of rotatable bonds is 20. The largest absolute Gasteiger partial charge is 0.662 e.